The van der Waals surface area contributed by atoms with E-state index in [2.05, 4.69) is 51.3 Å². The van der Waals surface area contributed by atoms with E-state index in [0.29, 0.717) is 29.7 Å². The van der Waals surface area contributed by atoms with Crippen molar-refractivity contribution >= 4 is 18.0 Å². The summed E-state index contributed by atoms with van der Waals surface area (Å²) >= 11 is 0. The van der Waals surface area contributed by atoms with Crippen molar-refractivity contribution in [2.75, 3.05) is 12.3 Å². The van der Waals surface area contributed by atoms with Crippen LogP contribution in [0, 0.1) is 6.92 Å². The zero-order valence-electron chi connectivity index (χ0n) is 16.8. The van der Waals surface area contributed by atoms with E-state index >= 15 is 0 Å². The fraction of sp³-hybridized carbons (Fsp3) is 0.381. The molecule has 1 aromatic carbocycles. The molecule has 0 amide bonds. The van der Waals surface area contributed by atoms with E-state index < -0.39 is 0 Å². The first kappa shape index (κ1) is 18.7. The third-order valence-electron chi connectivity index (χ3n) is 5.68. The first-order valence-corrected chi connectivity index (χ1v) is 9.94. The summed E-state index contributed by atoms with van der Waals surface area (Å²) in [5, 5.41) is 4.12. The van der Waals surface area contributed by atoms with Gasteiger partial charge in [0.05, 0.1) is 18.3 Å². The Balaban J connectivity index is 1.33. The van der Waals surface area contributed by atoms with Gasteiger partial charge in [0.15, 0.2) is 11.6 Å². The Morgan fingerprint density at radius 3 is 2.83 bits per heavy atom. The molecule has 3 atom stereocenters. The number of aliphatic imine (C=N–C) groups is 1. The molecule has 4 heterocycles. The molecular formula is C21H22N6O3. The highest BCUT2D eigenvalue weighted by atomic mass is 16.5. The summed E-state index contributed by atoms with van der Waals surface area (Å²) in [6.07, 6.45) is 2.48. The SMILES string of the molecule is Cc1ccc([C@H]2C[C@H](c3noc(Cn4c(N)nc5c(c4=O)C(C)C=N5)n3)CO2)cc1. The van der Waals surface area contributed by atoms with Gasteiger partial charge < -0.3 is 15.0 Å². The molecule has 0 aliphatic carbocycles. The minimum Gasteiger partial charge on any atom is -0.373 e. The van der Waals surface area contributed by atoms with Gasteiger partial charge in [0.2, 0.25) is 11.8 Å². The van der Waals surface area contributed by atoms with Crippen LogP contribution in [-0.2, 0) is 11.3 Å². The van der Waals surface area contributed by atoms with Gasteiger partial charge in [0, 0.05) is 18.1 Å². The van der Waals surface area contributed by atoms with E-state index in [4.69, 9.17) is 15.0 Å². The molecule has 154 valence electrons. The number of rotatable bonds is 4. The lowest BCUT2D eigenvalue weighted by molar-refractivity contribution is 0.110. The molecule has 0 radical (unpaired) electrons. The van der Waals surface area contributed by atoms with Crippen molar-refractivity contribution in [3.8, 4) is 0 Å². The summed E-state index contributed by atoms with van der Waals surface area (Å²) in [6, 6.07) is 8.34. The standard InChI is InChI=1S/C21H22N6O3/c1-11-3-5-13(6-4-11)15-7-14(10-29-15)18-24-16(30-26-18)9-27-20(28)17-12(2)8-23-19(17)25-21(27)22/h3-6,8,12,14-15H,7,9-10H2,1-2H3,(H2,22,25)/t12?,14-,15+/m0/s1. The maximum absolute atomic E-state index is 12.8. The molecule has 0 saturated carbocycles. The molecule has 0 bridgehead atoms. The fourth-order valence-corrected chi connectivity index (χ4v) is 3.93. The summed E-state index contributed by atoms with van der Waals surface area (Å²) in [7, 11) is 0. The molecule has 2 aliphatic rings. The zero-order chi connectivity index (χ0) is 20.8. The summed E-state index contributed by atoms with van der Waals surface area (Å²) in [4.78, 5) is 25.7. The van der Waals surface area contributed by atoms with Gasteiger partial charge in [-0.25, -0.2) is 4.99 Å². The second-order valence-corrected chi connectivity index (χ2v) is 7.88. The molecule has 1 saturated heterocycles. The van der Waals surface area contributed by atoms with E-state index in [1.165, 1.54) is 10.1 Å². The van der Waals surface area contributed by atoms with Gasteiger partial charge in [-0.15, -0.1) is 0 Å². The number of benzene rings is 1. The van der Waals surface area contributed by atoms with Crippen molar-refractivity contribution in [2.45, 2.75) is 44.8 Å². The third-order valence-corrected chi connectivity index (χ3v) is 5.68. The van der Waals surface area contributed by atoms with E-state index in [9.17, 15) is 4.79 Å². The van der Waals surface area contributed by atoms with Crippen LogP contribution in [0.25, 0.3) is 0 Å². The zero-order valence-corrected chi connectivity index (χ0v) is 16.8. The highest BCUT2D eigenvalue weighted by molar-refractivity contribution is 5.78. The predicted octanol–water partition coefficient (Wildman–Crippen LogP) is 2.63. The highest BCUT2D eigenvalue weighted by Gasteiger charge is 2.31. The number of nitrogens with zero attached hydrogens (tertiary/aromatic N) is 5. The Kier molecular flexibility index (Phi) is 4.47. The van der Waals surface area contributed by atoms with Crippen molar-refractivity contribution < 1.29 is 9.26 Å². The number of aryl methyl sites for hydroxylation is 1. The normalized spacial score (nSPS) is 22.5. The Morgan fingerprint density at radius 2 is 2.03 bits per heavy atom. The molecule has 0 spiro atoms. The predicted molar refractivity (Wildman–Crippen MR) is 110 cm³/mol. The topological polar surface area (TPSA) is 121 Å². The molecule has 30 heavy (non-hydrogen) atoms. The minimum absolute atomic E-state index is 0.0122. The Morgan fingerprint density at radius 1 is 1.23 bits per heavy atom. The molecule has 1 fully saturated rings. The lowest BCUT2D eigenvalue weighted by Gasteiger charge is -2.09. The lowest BCUT2D eigenvalue weighted by Crippen LogP contribution is -2.28. The van der Waals surface area contributed by atoms with E-state index in [1.807, 2.05) is 6.92 Å². The van der Waals surface area contributed by atoms with Crippen LogP contribution in [0.2, 0.25) is 0 Å². The van der Waals surface area contributed by atoms with Crippen LogP contribution in [0.15, 0.2) is 38.6 Å². The summed E-state index contributed by atoms with van der Waals surface area (Å²) in [5.74, 6) is 1.29. The molecule has 5 rings (SSSR count). The van der Waals surface area contributed by atoms with Gasteiger partial charge >= 0.3 is 0 Å². The molecule has 2 N–H and O–H groups in total. The molecule has 2 aromatic heterocycles. The highest BCUT2D eigenvalue weighted by Crippen LogP contribution is 2.37. The van der Waals surface area contributed by atoms with Crippen molar-refractivity contribution in [3.63, 3.8) is 0 Å². The lowest BCUT2D eigenvalue weighted by atomic mass is 9.99. The fourth-order valence-electron chi connectivity index (χ4n) is 3.93. The van der Waals surface area contributed by atoms with Crippen molar-refractivity contribution in [3.05, 3.63) is 63.0 Å². The van der Waals surface area contributed by atoms with E-state index in [1.54, 1.807) is 6.21 Å². The van der Waals surface area contributed by atoms with Gasteiger partial charge in [-0.3, -0.25) is 9.36 Å². The minimum atomic E-state index is -0.231. The number of nitrogens with two attached hydrogens (primary N) is 1. The smallest absolute Gasteiger partial charge is 0.261 e. The maximum Gasteiger partial charge on any atom is 0.261 e. The van der Waals surface area contributed by atoms with Crippen molar-refractivity contribution in [1.29, 1.82) is 0 Å². The molecule has 3 aromatic rings. The van der Waals surface area contributed by atoms with E-state index in [0.717, 1.165) is 12.0 Å². The number of hydrogen-bond acceptors (Lipinski definition) is 8. The van der Waals surface area contributed by atoms with Gasteiger partial charge in [-0.1, -0.05) is 41.9 Å². The quantitative estimate of drug-likeness (QED) is 0.707. The van der Waals surface area contributed by atoms with Gasteiger partial charge in [0.25, 0.3) is 5.56 Å². The Bertz CT molecular complexity index is 1180. The van der Waals surface area contributed by atoms with Crippen molar-refractivity contribution in [2.24, 2.45) is 4.99 Å². The number of fused-ring (bicyclic) bond motifs is 1. The van der Waals surface area contributed by atoms with Crippen LogP contribution < -0.4 is 11.3 Å². The van der Waals surface area contributed by atoms with Crippen molar-refractivity contribution in [1.82, 2.24) is 19.7 Å². The van der Waals surface area contributed by atoms with E-state index in [-0.39, 0.29) is 36.0 Å². The summed E-state index contributed by atoms with van der Waals surface area (Å²) in [6.45, 7) is 4.55. The van der Waals surface area contributed by atoms with Crippen LogP contribution in [0.5, 0.6) is 0 Å². The first-order chi connectivity index (χ1) is 14.5. The average Bonchev–Trinajstić information content (AvgIpc) is 3.46. The molecule has 1 unspecified atom stereocenters. The average molecular weight is 406 g/mol. The first-order valence-electron chi connectivity index (χ1n) is 9.94. The largest absolute Gasteiger partial charge is 0.373 e. The van der Waals surface area contributed by atoms with Crippen LogP contribution in [0.1, 0.15) is 59.7 Å². The molecular weight excluding hydrogens is 384 g/mol. The molecule has 9 heteroatoms. The number of nitrogen functional groups attached to an aromatic ring is 1. The maximum atomic E-state index is 12.8. The molecule has 2 aliphatic heterocycles. The van der Waals surface area contributed by atoms with Crippen LogP contribution in [0.3, 0.4) is 0 Å². The van der Waals surface area contributed by atoms with Crippen LogP contribution in [0.4, 0.5) is 11.8 Å². The second kappa shape index (κ2) is 7.17. The summed E-state index contributed by atoms with van der Waals surface area (Å²) < 4.78 is 12.7. The van der Waals surface area contributed by atoms with Gasteiger partial charge in [0.1, 0.15) is 6.54 Å². The second-order valence-electron chi connectivity index (χ2n) is 7.88. The van der Waals surface area contributed by atoms with Gasteiger partial charge in [-0.05, 0) is 18.9 Å². The Hall–Kier alpha value is -3.33. The van der Waals surface area contributed by atoms with Crippen LogP contribution in [-0.4, -0.2) is 32.5 Å². The molecule has 9 nitrogen and oxygen atoms in total. The van der Waals surface area contributed by atoms with Gasteiger partial charge in [-0.2, -0.15) is 9.97 Å². The number of ether oxygens (including phenoxy) is 1. The van der Waals surface area contributed by atoms with Crippen LogP contribution >= 0.6 is 0 Å². The monoisotopic (exact) mass is 406 g/mol. The third kappa shape index (κ3) is 3.21. The Labute approximate surface area is 172 Å². The number of anilines is 1. The number of aromatic nitrogens is 4. The summed E-state index contributed by atoms with van der Waals surface area (Å²) in [5.41, 5.74) is 8.64. The number of hydrogen-bond donors (Lipinski definition) is 1.